The lowest BCUT2D eigenvalue weighted by atomic mass is 9.79. The molecule has 0 bridgehead atoms. The Kier molecular flexibility index (Phi) is 4.61. The molecule has 1 saturated carbocycles. The van der Waals surface area contributed by atoms with Gasteiger partial charge in [0.2, 0.25) is 0 Å². The average molecular weight is 441 g/mol. The Morgan fingerprint density at radius 3 is 2.30 bits per heavy atom. The number of benzene rings is 3. The molecule has 3 aliphatic rings. The second kappa shape index (κ2) is 7.66. The highest BCUT2D eigenvalue weighted by molar-refractivity contribution is 6.11. The molecule has 3 aromatic rings. The van der Waals surface area contributed by atoms with Crippen molar-refractivity contribution in [1.29, 1.82) is 0 Å². The van der Waals surface area contributed by atoms with Gasteiger partial charge in [0.05, 0.1) is 6.04 Å². The van der Waals surface area contributed by atoms with Gasteiger partial charge in [-0.15, -0.1) is 0 Å². The van der Waals surface area contributed by atoms with E-state index in [0.717, 1.165) is 0 Å². The monoisotopic (exact) mass is 441 g/mol. The summed E-state index contributed by atoms with van der Waals surface area (Å²) in [6.45, 7) is 0.899. The van der Waals surface area contributed by atoms with E-state index in [1.807, 2.05) is 24.3 Å². The summed E-state index contributed by atoms with van der Waals surface area (Å²) in [6, 6.07) is 19.7. The third kappa shape index (κ3) is 3.33. The Bertz CT molecular complexity index is 1250. The van der Waals surface area contributed by atoms with Crippen LogP contribution >= 0.6 is 0 Å². The lowest BCUT2D eigenvalue weighted by Gasteiger charge is -2.41. The fraction of sp³-hybridized carbons (Fsp3) is 0.259. The quantitative estimate of drug-likeness (QED) is 0.623. The molecular formula is C27H23NO5. The normalized spacial score (nSPS) is 21.5. The van der Waals surface area contributed by atoms with E-state index in [-0.39, 0.29) is 5.91 Å². The lowest BCUT2D eigenvalue weighted by Crippen LogP contribution is -2.45. The Hall–Kier alpha value is -3.80. The van der Waals surface area contributed by atoms with Gasteiger partial charge in [-0.2, -0.15) is 0 Å². The van der Waals surface area contributed by atoms with Crippen LogP contribution in [-0.2, 0) is 4.79 Å². The molecule has 1 fully saturated rings. The van der Waals surface area contributed by atoms with Crippen LogP contribution in [0, 0.1) is 0 Å². The van der Waals surface area contributed by atoms with Crippen molar-refractivity contribution in [3.8, 4) is 11.5 Å². The number of carbonyl (C=O) groups is 2. The number of aliphatic carboxylic acids is 1. The maximum Gasteiger partial charge on any atom is 0.313 e. The molecule has 6 heteroatoms. The van der Waals surface area contributed by atoms with Crippen molar-refractivity contribution in [2.75, 3.05) is 18.1 Å². The van der Waals surface area contributed by atoms with Crippen molar-refractivity contribution in [2.24, 2.45) is 0 Å². The van der Waals surface area contributed by atoms with E-state index in [1.54, 1.807) is 35.2 Å². The number of carbonyl (C=O) groups excluding carboxylic acids is 1. The number of hydrogen-bond donors (Lipinski definition) is 1. The molecule has 0 radical (unpaired) electrons. The molecule has 1 amide bonds. The van der Waals surface area contributed by atoms with Crippen LogP contribution in [0.1, 0.15) is 57.8 Å². The van der Waals surface area contributed by atoms with E-state index < -0.39 is 17.9 Å². The summed E-state index contributed by atoms with van der Waals surface area (Å²) in [4.78, 5) is 28.0. The molecule has 1 N–H and O–H groups in total. The molecule has 2 atom stereocenters. The van der Waals surface area contributed by atoms with Crippen molar-refractivity contribution in [2.45, 2.75) is 30.7 Å². The van der Waals surface area contributed by atoms with Gasteiger partial charge in [-0.05, 0) is 65.8 Å². The van der Waals surface area contributed by atoms with Crippen molar-refractivity contribution >= 4 is 17.6 Å². The SMILES string of the molecule is O=C(O)[C@H]1c2ccccc2C(=O)N(c2ccc(C3CC3)cc2)[C@@H]1c1ccc2c(c1)OCCO2. The van der Waals surface area contributed by atoms with E-state index >= 15 is 0 Å². The number of hydrogen-bond acceptors (Lipinski definition) is 4. The van der Waals surface area contributed by atoms with Gasteiger partial charge in [0, 0.05) is 11.3 Å². The van der Waals surface area contributed by atoms with Crippen LogP contribution in [0.4, 0.5) is 5.69 Å². The average Bonchev–Trinajstić information content (AvgIpc) is 3.69. The number of anilines is 1. The Balaban J connectivity index is 1.52. The van der Waals surface area contributed by atoms with Crippen molar-refractivity contribution in [3.63, 3.8) is 0 Å². The molecule has 3 aromatic carbocycles. The Labute approximate surface area is 191 Å². The summed E-state index contributed by atoms with van der Waals surface area (Å²) in [5.41, 5.74) is 3.59. The zero-order valence-corrected chi connectivity index (χ0v) is 17.9. The van der Waals surface area contributed by atoms with Crippen molar-refractivity contribution in [1.82, 2.24) is 0 Å². The predicted molar refractivity (Wildman–Crippen MR) is 122 cm³/mol. The molecule has 6 rings (SSSR count). The topological polar surface area (TPSA) is 76.1 Å². The summed E-state index contributed by atoms with van der Waals surface area (Å²) in [5, 5.41) is 10.3. The zero-order valence-electron chi connectivity index (χ0n) is 17.9. The molecule has 2 heterocycles. The smallest absolute Gasteiger partial charge is 0.313 e. The molecule has 0 unspecified atom stereocenters. The Morgan fingerprint density at radius 2 is 1.58 bits per heavy atom. The Morgan fingerprint density at radius 1 is 0.879 bits per heavy atom. The molecule has 33 heavy (non-hydrogen) atoms. The van der Waals surface area contributed by atoms with Crippen LogP contribution < -0.4 is 14.4 Å². The first-order valence-electron chi connectivity index (χ1n) is 11.3. The number of rotatable bonds is 4. The van der Waals surface area contributed by atoms with Crippen molar-refractivity contribution < 1.29 is 24.2 Å². The van der Waals surface area contributed by atoms with Gasteiger partial charge in [0.25, 0.3) is 5.91 Å². The summed E-state index contributed by atoms with van der Waals surface area (Å²) in [6.07, 6.45) is 2.38. The van der Waals surface area contributed by atoms with Gasteiger partial charge >= 0.3 is 5.97 Å². The fourth-order valence-corrected chi connectivity index (χ4v) is 4.99. The molecule has 0 spiro atoms. The summed E-state index contributed by atoms with van der Waals surface area (Å²) < 4.78 is 11.4. The number of nitrogens with zero attached hydrogens (tertiary/aromatic N) is 1. The highest BCUT2D eigenvalue weighted by atomic mass is 16.6. The third-order valence-corrected chi connectivity index (χ3v) is 6.73. The van der Waals surface area contributed by atoms with E-state index in [0.29, 0.717) is 53.0 Å². The number of fused-ring (bicyclic) bond motifs is 2. The van der Waals surface area contributed by atoms with Gasteiger partial charge in [-0.3, -0.25) is 14.5 Å². The van der Waals surface area contributed by atoms with Crippen LogP contribution in [0.25, 0.3) is 0 Å². The number of carboxylic acids is 1. The van der Waals surface area contributed by atoms with E-state index in [9.17, 15) is 14.7 Å². The van der Waals surface area contributed by atoms with Crippen molar-refractivity contribution in [3.05, 3.63) is 89.0 Å². The molecule has 0 saturated heterocycles. The minimum absolute atomic E-state index is 0.206. The largest absolute Gasteiger partial charge is 0.486 e. The fourth-order valence-electron chi connectivity index (χ4n) is 4.99. The first-order valence-corrected chi connectivity index (χ1v) is 11.3. The summed E-state index contributed by atoms with van der Waals surface area (Å²) >= 11 is 0. The summed E-state index contributed by atoms with van der Waals surface area (Å²) in [5.74, 6) is -0.323. The standard InChI is InChI=1S/C27H23NO5/c29-26-21-4-2-1-3-20(21)24(27(30)31)25(18-9-12-22-23(15-18)33-14-13-32-22)28(26)19-10-7-17(8-11-19)16-5-6-16/h1-4,7-12,15-16,24-25H,5-6,13-14H2,(H,30,31)/t24-,25+/m0/s1. The van der Waals surface area contributed by atoms with Gasteiger partial charge in [0.1, 0.15) is 19.1 Å². The van der Waals surface area contributed by atoms with Crippen LogP contribution in [0.5, 0.6) is 11.5 Å². The lowest BCUT2D eigenvalue weighted by molar-refractivity contribution is -0.139. The van der Waals surface area contributed by atoms with Gasteiger partial charge in [0.15, 0.2) is 11.5 Å². The molecular weight excluding hydrogens is 418 g/mol. The van der Waals surface area contributed by atoms with Gasteiger partial charge in [-0.25, -0.2) is 0 Å². The first-order chi connectivity index (χ1) is 16.1. The predicted octanol–water partition coefficient (Wildman–Crippen LogP) is 4.91. The zero-order chi connectivity index (χ0) is 22.5. The van der Waals surface area contributed by atoms with Crippen LogP contribution in [0.15, 0.2) is 66.7 Å². The van der Waals surface area contributed by atoms with Crippen LogP contribution in [0.2, 0.25) is 0 Å². The number of amides is 1. The maximum atomic E-state index is 13.8. The minimum atomic E-state index is -0.977. The van der Waals surface area contributed by atoms with E-state index in [4.69, 9.17) is 9.47 Å². The van der Waals surface area contributed by atoms with Crippen LogP contribution in [0.3, 0.4) is 0 Å². The molecule has 6 nitrogen and oxygen atoms in total. The highest BCUT2D eigenvalue weighted by Gasteiger charge is 2.45. The second-order valence-corrected chi connectivity index (χ2v) is 8.79. The molecule has 166 valence electrons. The van der Waals surface area contributed by atoms with E-state index in [1.165, 1.54) is 18.4 Å². The maximum absolute atomic E-state index is 13.8. The van der Waals surface area contributed by atoms with E-state index in [2.05, 4.69) is 12.1 Å². The number of ether oxygens (including phenoxy) is 2. The van der Waals surface area contributed by atoms with Gasteiger partial charge < -0.3 is 14.6 Å². The summed E-state index contributed by atoms with van der Waals surface area (Å²) in [7, 11) is 0. The molecule has 0 aromatic heterocycles. The third-order valence-electron chi connectivity index (χ3n) is 6.73. The highest BCUT2D eigenvalue weighted by Crippen LogP contribution is 2.47. The second-order valence-electron chi connectivity index (χ2n) is 8.79. The molecule has 2 aliphatic heterocycles. The van der Waals surface area contributed by atoms with Gasteiger partial charge in [-0.1, -0.05) is 36.4 Å². The number of carboxylic acid groups (broad SMARTS) is 1. The van der Waals surface area contributed by atoms with Crippen LogP contribution in [-0.4, -0.2) is 30.2 Å². The molecule has 1 aliphatic carbocycles. The first kappa shape index (κ1) is 19.9. The minimum Gasteiger partial charge on any atom is -0.486 e.